The van der Waals surface area contributed by atoms with Crippen LogP contribution in [0, 0.1) is 0 Å². The van der Waals surface area contributed by atoms with Gasteiger partial charge in [0.15, 0.2) is 41.6 Å². The smallest absolute Gasteiger partial charge is 0.493 e. The molecule has 2 aromatic rings. The van der Waals surface area contributed by atoms with Gasteiger partial charge < -0.3 is 37.5 Å². The number of rotatable bonds is 16. The number of anilines is 2. The van der Waals surface area contributed by atoms with Crippen molar-refractivity contribution in [2.75, 3.05) is 44.1 Å². The van der Waals surface area contributed by atoms with Crippen molar-refractivity contribution in [3.05, 3.63) is 59.3 Å². The van der Waals surface area contributed by atoms with E-state index in [9.17, 15) is 66.2 Å². The number of hydrogen-bond acceptors (Lipinski definition) is 16. The van der Waals surface area contributed by atoms with Crippen molar-refractivity contribution in [1.82, 2.24) is 9.80 Å². The molecule has 3 aliphatic rings. The predicted octanol–water partition coefficient (Wildman–Crippen LogP) is 4.52. The maximum atomic E-state index is 14.3. The van der Waals surface area contributed by atoms with E-state index >= 15 is 0 Å². The first-order valence-corrected chi connectivity index (χ1v) is 20.0. The van der Waals surface area contributed by atoms with Gasteiger partial charge in [0, 0.05) is 56.4 Å². The highest BCUT2D eigenvalue weighted by Crippen LogP contribution is 2.44. The fourth-order valence-corrected chi connectivity index (χ4v) is 7.17. The van der Waals surface area contributed by atoms with Crippen LogP contribution in [-0.2, 0) is 38.2 Å². The second kappa shape index (κ2) is 17.1. The minimum absolute atomic E-state index is 0.00833. The van der Waals surface area contributed by atoms with Crippen molar-refractivity contribution in [3.8, 4) is 23.0 Å². The summed E-state index contributed by atoms with van der Waals surface area (Å²) in [6.07, 6.45) is 0.521. The molecule has 60 heavy (non-hydrogen) atoms. The molecule has 0 bridgehead atoms. The molecule has 1 N–H and O–H groups in total. The fourth-order valence-electron chi connectivity index (χ4n) is 5.78. The summed E-state index contributed by atoms with van der Waals surface area (Å²) in [5.41, 5.74) is -12.5. The van der Waals surface area contributed by atoms with Gasteiger partial charge in [-0.2, -0.15) is 43.2 Å². The summed E-state index contributed by atoms with van der Waals surface area (Å²) in [7, 11) is -8.45. The first-order chi connectivity index (χ1) is 28.0. The van der Waals surface area contributed by atoms with Crippen molar-refractivity contribution in [3.63, 3.8) is 0 Å². The van der Waals surface area contributed by atoms with Crippen LogP contribution in [0.15, 0.2) is 48.2 Å². The fraction of sp³-hybridized carbons (Fsp3) is 0.375. The number of aldehydes is 1. The Morgan fingerprint density at radius 3 is 1.93 bits per heavy atom. The molecule has 0 radical (unpaired) electrons. The quantitative estimate of drug-likeness (QED) is 0.0612. The molecule has 0 saturated carbocycles. The number of carbonyl (C=O) groups is 4. The zero-order valence-corrected chi connectivity index (χ0v) is 33.1. The standard InChI is InChI=1S/C32H29F7N4O14S3/c1-41-13-17(56-59(48,49)31(33,34)35)8-22(41)28(45)40-20-11-26(24(52-2)7-16(20)15-44)54-5-4-6-55-27-12-21-19(10-25(27)53-3)29(46)42-14-18(57-60(50,51)32(36,37)38)9-23(42)30(47)43(21)58-39/h7,10-15,22-23H,4-6,8-9H2,1-3H3,(H,40,45). The van der Waals surface area contributed by atoms with Crippen molar-refractivity contribution in [1.29, 1.82) is 0 Å². The molecule has 0 fully saturated rings. The highest BCUT2D eigenvalue weighted by molar-refractivity contribution is 7.96. The van der Waals surface area contributed by atoms with Crippen molar-refractivity contribution >= 4 is 68.0 Å². The van der Waals surface area contributed by atoms with E-state index in [0.717, 1.165) is 23.2 Å². The molecule has 0 saturated heterocycles. The van der Waals surface area contributed by atoms with E-state index in [0.29, 0.717) is 21.7 Å². The number of nitrogens with one attached hydrogen (secondary N) is 1. The topological polar surface area (TPSA) is 214 Å². The van der Waals surface area contributed by atoms with Gasteiger partial charge in [0.1, 0.15) is 23.6 Å². The molecular formula is C32H29F7N4O14S3. The normalized spacial score (nSPS) is 18.2. The number of hydrogen-bond donors (Lipinski definition) is 1. The summed E-state index contributed by atoms with van der Waals surface area (Å²) in [6.45, 7) is -0.304. The maximum Gasteiger partial charge on any atom is 0.534 e. The molecule has 3 aliphatic heterocycles. The van der Waals surface area contributed by atoms with Crippen LogP contribution < -0.4 is 28.6 Å². The number of ether oxygens (including phenoxy) is 4. The van der Waals surface area contributed by atoms with Gasteiger partial charge >= 0.3 is 31.3 Å². The molecule has 2 aromatic carbocycles. The van der Waals surface area contributed by atoms with Crippen LogP contribution in [-0.4, -0.2) is 108 Å². The molecular weight excluding hydrogens is 894 g/mol. The lowest BCUT2D eigenvalue weighted by molar-refractivity contribution is -0.121. The Morgan fingerprint density at radius 1 is 0.850 bits per heavy atom. The predicted molar refractivity (Wildman–Crippen MR) is 191 cm³/mol. The van der Waals surface area contributed by atoms with E-state index in [2.05, 4.69) is 13.7 Å². The minimum atomic E-state index is -6.16. The molecule has 2 atom stereocenters. The molecule has 28 heteroatoms. The number of halogens is 7. The molecule has 18 nitrogen and oxygen atoms in total. The second-order valence-corrected chi connectivity index (χ2v) is 16.0. The molecule has 2 unspecified atom stereocenters. The Morgan fingerprint density at radius 2 is 1.40 bits per heavy atom. The zero-order chi connectivity index (χ0) is 44.5. The Bertz CT molecular complexity index is 2360. The van der Waals surface area contributed by atoms with Gasteiger partial charge in [-0.3, -0.25) is 24.1 Å². The van der Waals surface area contributed by atoms with Crippen molar-refractivity contribution in [2.24, 2.45) is 0 Å². The van der Waals surface area contributed by atoms with Gasteiger partial charge in [-0.15, -0.1) is 3.89 Å². The molecule has 5 rings (SSSR count). The Kier molecular flexibility index (Phi) is 13.0. The molecule has 3 amide bonds. The van der Waals surface area contributed by atoms with Gasteiger partial charge in [0.25, 0.3) is 11.8 Å². The number of likely N-dealkylation sites (N-methyl/N-ethyl adjacent to an activating group) is 1. The SMILES string of the molecule is COc1cc(C=O)c(NC(=O)C2CC(OS(=O)(=O)C(F)(F)F)=CN2C)cc1OCCCOc1cc2c(cc1OC)C(=O)N1C=C(OS(=O)(=O)C(F)(F)F)CC1C(=O)N2SF. The average Bonchev–Trinajstić information content (AvgIpc) is 3.73. The van der Waals surface area contributed by atoms with E-state index in [4.69, 9.17) is 18.9 Å². The first-order valence-electron chi connectivity index (χ1n) is 16.5. The average molecular weight is 923 g/mol. The molecule has 0 aromatic heterocycles. The maximum absolute atomic E-state index is 14.3. The third-order valence-corrected chi connectivity index (χ3v) is 11.1. The Hall–Kier alpha value is -5.64. The van der Waals surface area contributed by atoms with Crippen LogP contribution in [0.1, 0.15) is 40.0 Å². The summed E-state index contributed by atoms with van der Waals surface area (Å²) < 4.78 is 168. The number of methoxy groups -OCH3 is 2. The number of benzene rings is 2. The third kappa shape index (κ3) is 9.23. The third-order valence-electron chi connectivity index (χ3n) is 8.59. The molecule has 3 heterocycles. The van der Waals surface area contributed by atoms with Gasteiger partial charge in [-0.25, -0.2) is 4.31 Å². The Balaban J connectivity index is 1.26. The van der Waals surface area contributed by atoms with Crippen LogP contribution >= 0.6 is 12.3 Å². The van der Waals surface area contributed by atoms with E-state index in [1.54, 1.807) is 0 Å². The van der Waals surface area contributed by atoms with Crippen LogP contribution in [0.2, 0.25) is 0 Å². The van der Waals surface area contributed by atoms with E-state index in [1.807, 2.05) is 0 Å². The molecule has 328 valence electrons. The van der Waals surface area contributed by atoms with E-state index in [-0.39, 0.29) is 65.1 Å². The minimum Gasteiger partial charge on any atom is -0.493 e. The van der Waals surface area contributed by atoms with Crippen LogP contribution in [0.5, 0.6) is 23.0 Å². The summed E-state index contributed by atoms with van der Waals surface area (Å²) >= 11 is -0.652. The largest absolute Gasteiger partial charge is 0.534 e. The van der Waals surface area contributed by atoms with Crippen LogP contribution in [0.3, 0.4) is 0 Å². The number of alkyl halides is 6. The summed E-state index contributed by atoms with van der Waals surface area (Å²) in [5.74, 6) is -4.83. The van der Waals surface area contributed by atoms with Crippen molar-refractivity contribution < 1.29 is 93.6 Å². The van der Waals surface area contributed by atoms with Gasteiger partial charge in [0.2, 0.25) is 5.91 Å². The van der Waals surface area contributed by atoms with Crippen LogP contribution in [0.25, 0.3) is 0 Å². The zero-order valence-electron chi connectivity index (χ0n) is 30.7. The number of fused-ring (bicyclic) bond motifs is 2. The van der Waals surface area contributed by atoms with Gasteiger partial charge in [-0.1, -0.05) is 0 Å². The van der Waals surface area contributed by atoms with E-state index < -0.39 is 97.8 Å². The highest BCUT2D eigenvalue weighted by atomic mass is 32.2. The summed E-state index contributed by atoms with van der Waals surface area (Å²) in [5, 5.41) is 2.44. The number of nitrogens with zero attached hydrogens (tertiary/aromatic N) is 3. The van der Waals surface area contributed by atoms with Gasteiger partial charge in [-0.05, 0) is 12.1 Å². The monoisotopic (exact) mass is 922 g/mol. The van der Waals surface area contributed by atoms with Crippen molar-refractivity contribution in [2.45, 2.75) is 42.4 Å². The lowest BCUT2D eigenvalue weighted by Gasteiger charge is -2.21. The molecule has 0 spiro atoms. The summed E-state index contributed by atoms with van der Waals surface area (Å²) in [4.78, 5) is 53.5. The molecule has 0 aliphatic carbocycles. The number of carbonyl (C=O) groups excluding carboxylic acids is 4. The highest BCUT2D eigenvalue weighted by Gasteiger charge is 2.52. The number of amides is 3. The van der Waals surface area contributed by atoms with Gasteiger partial charge in [0.05, 0.1) is 44.4 Å². The second-order valence-electron chi connectivity index (χ2n) is 12.4. The lowest BCUT2D eigenvalue weighted by Crippen LogP contribution is -2.41. The Labute approximate surface area is 339 Å². The van der Waals surface area contributed by atoms with E-state index in [1.165, 1.54) is 33.4 Å². The lowest BCUT2D eigenvalue weighted by atomic mass is 10.1. The van der Waals surface area contributed by atoms with Crippen LogP contribution in [0.4, 0.5) is 41.6 Å². The first kappa shape index (κ1) is 45.4. The summed E-state index contributed by atoms with van der Waals surface area (Å²) in [6, 6.07) is 1.64.